The Kier molecular flexibility index (Phi) is 4.70. The van der Waals surface area contributed by atoms with Crippen LogP contribution in [0.15, 0.2) is 35.2 Å². The van der Waals surface area contributed by atoms with Gasteiger partial charge < -0.3 is 10.6 Å². The minimum atomic E-state index is -0.230. The molecule has 0 saturated heterocycles. The predicted molar refractivity (Wildman–Crippen MR) is 103 cm³/mol. The molecule has 4 rings (SSSR count). The first-order valence-corrected chi connectivity index (χ1v) is 9.81. The SMILES string of the molecule is CC1Sc2ccc(C(=O)NCc3ccc4c(n3)CCCC4=O)cc2NC1=O. The number of thioether (sulfide) groups is 1. The summed E-state index contributed by atoms with van der Waals surface area (Å²) in [5.41, 5.74) is 3.40. The van der Waals surface area contributed by atoms with Gasteiger partial charge in [-0.15, -0.1) is 11.8 Å². The van der Waals surface area contributed by atoms with E-state index in [2.05, 4.69) is 15.6 Å². The van der Waals surface area contributed by atoms with E-state index in [0.717, 1.165) is 29.1 Å². The molecule has 0 radical (unpaired) electrons. The third-order valence-electron chi connectivity index (χ3n) is 4.75. The van der Waals surface area contributed by atoms with Gasteiger partial charge in [-0.25, -0.2) is 0 Å². The van der Waals surface area contributed by atoms with Crippen LogP contribution >= 0.6 is 11.8 Å². The summed E-state index contributed by atoms with van der Waals surface area (Å²) < 4.78 is 0. The number of ketones is 1. The Hall–Kier alpha value is -2.67. The van der Waals surface area contributed by atoms with E-state index in [1.54, 1.807) is 24.3 Å². The number of anilines is 1. The minimum absolute atomic E-state index is 0.0575. The fraction of sp³-hybridized carbons (Fsp3) is 0.300. The van der Waals surface area contributed by atoms with Gasteiger partial charge in [0.05, 0.1) is 28.9 Å². The van der Waals surface area contributed by atoms with E-state index in [-0.39, 0.29) is 29.4 Å². The highest BCUT2D eigenvalue weighted by Gasteiger charge is 2.24. The van der Waals surface area contributed by atoms with Crippen LogP contribution in [-0.2, 0) is 17.8 Å². The Balaban J connectivity index is 1.45. The van der Waals surface area contributed by atoms with E-state index < -0.39 is 0 Å². The summed E-state index contributed by atoms with van der Waals surface area (Å²) in [6.07, 6.45) is 2.20. The molecule has 1 unspecified atom stereocenters. The predicted octanol–water partition coefficient (Wildman–Crippen LogP) is 2.96. The van der Waals surface area contributed by atoms with Gasteiger partial charge in [-0.3, -0.25) is 19.4 Å². The largest absolute Gasteiger partial charge is 0.346 e. The second kappa shape index (κ2) is 7.15. The number of carbonyl (C=O) groups excluding carboxylic acids is 3. The van der Waals surface area contributed by atoms with Crippen LogP contribution < -0.4 is 10.6 Å². The van der Waals surface area contributed by atoms with E-state index in [9.17, 15) is 14.4 Å². The number of Topliss-reactive ketones (excluding diaryl/α,β-unsaturated/α-hetero) is 1. The van der Waals surface area contributed by atoms with Crippen LogP contribution in [-0.4, -0.2) is 27.8 Å². The van der Waals surface area contributed by atoms with Crippen molar-refractivity contribution >= 4 is 35.0 Å². The monoisotopic (exact) mass is 381 g/mol. The summed E-state index contributed by atoms with van der Waals surface area (Å²) in [5, 5.41) is 5.55. The summed E-state index contributed by atoms with van der Waals surface area (Å²) in [4.78, 5) is 41.6. The Morgan fingerprint density at radius 1 is 1.26 bits per heavy atom. The maximum absolute atomic E-state index is 12.5. The Bertz CT molecular complexity index is 957. The van der Waals surface area contributed by atoms with Crippen LogP contribution in [0.4, 0.5) is 5.69 Å². The van der Waals surface area contributed by atoms with Crippen molar-refractivity contribution in [3.63, 3.8) is 0 Å². The molecule has 138 valence electrons. The second-order valence-electron chi connectivity index (χ2n) is 6.72. The molecule has 2 aromatic rings. The number of hydrogen-bond acceptors (Lipinski definition) is 5. The first kappa shape index (κ1) is 17.7. The molecule has 27 heavy (non-hydrogen) atoms. The number of pyridine rings is 1. The fourth-order valence-electron chi connectivity index (χ4n) is 3.26. The average molecular weight is 381 g/mol. The summed E-state index contributed by atoms with van der Waals surface area (Å²) in [6.45, 7) is 2.14. The lowest BCUT2D eigenvalue weighted by atomic mass is 9.94. The van der Waals surface area contributed by atoms with Crippen molar-refractivity contribution in [1.29, 1.82) is 0 Å². The maximum atomic E-state index is 12.5. The first-order chi connectivity index (χ1) is 13.0. The number of rotatable bonds is 3. The van der Waals surface area contributed by atoms with Gasteiger partial charge in [0.15, 0.2) is 5.78 Å². The number of carbonyl (C=O) groups is 3. The number of nitrogens with zero attached hydrogens (tertiary/aromatic N) is 1. The standard InChI is InChI=1S/C20H19N3O3S/c1-11-19(25)23-16-9-12(5-8-18(16)27-11)20(26)21-10-13-6-7-14-15(22-13)3-2-4-17(14)24/h5-9,11H,2-4,10H2,1H3,(H,21,26)(H,23,25). The van der Waals surface area contributed by atoms with Gasteiger partial charge in [0.2, 0.25) is 5.91 Å². The van der Waals surface area contributed by atoms with Gasteiger partial charge in [-0.2, -0.15) is 0 Å². The van der Waals surface area contributed by atoms with Gasteiger partial charge in [0, 0.05) is 22.4 Å². The lowest BCUT2D eigenvalue weighted by molar-refractivity contribution is -0.115. The molecule has 2 aliphatic rings. The van der Waals surface area contributed by atoms with Crippen LogP contribution in [0.25, 0.3) is 0 Å². The van der Waals surface area contributed by atoms with E-state index in [1.165, 1.54) is 11.8 Å². The molecule has 2 N–H and O–H groups in total. The normalized spacial score (nSPS) is 18.3. The van der Waals surface area contributed by atoms with Crippen molar-refractivity contribution < 1.29 is 14.4 Å². The average Bonchev–Trinajstić information content (AvgIpc) is 2.67. The second-order valence-corrected chi connectivity index (χ2v) is 8.10. The molecule has 0 spiro atoms. The zero-order chi connectivity index (χ0) is 19.0. The molecular weight excluding hydrogens is 362 g/mol. The zero-order valence-electron chi connectivity index (χ0n) is 14.9. The molecule has 1 aliphatic carbocycles. The zero-order valence-corrected chi connectivity index (χ0v) is 15.7. The van der Waals surface area contributed by atoms with E-state index in [4.69, 9.17) is 0 Å². The van der Waals surface area contributed by atoms with Crippen molar-refractivity contribution in [3.05, 3.63) is 52.8 Å². The highest BCUT2D eigenvalue weighted by atomic mass is 32.2. The third kappa shape index (κ3) is 3.60. The molecule has 2 heterocycles. The molecule has 0 bridgehead atoms. The lowest BCUT2D eigenvalue weighted by Gasteiger charge is -2.21. The van der Waals surface area contributed by atoms with Crippen LogP contribution in [0.3, 0.4) is 0 Å². The Labute approximate surface area is 161 Å². The van der Waals surface area contributed by atoms with E-state index in [1.807, 2.05) is 13.0 Å². The number of fused-ring (bicyclic) bond motifs is 2. The summed E-state index contributed by atoms with van der Waals surface area (Å²) in [7, 11) is 0. The quantitative estimate of drug-likeness (QED) is 0.853. The molecule has 2 amide bonds. The van der Waals surface area contributed by atoms with Crippen LogP contribution in [0.5, 0.6) is 0 Å². The van der Waals surface area contributed by atoms with Gasteiger partial charge in [-0.1, -0.05) is 0 Å². The molecule has 6 nitrogen and oxygen atoms in total. The number of nitrogens with one attached hydrogen (secondary N) is 2. The van der Waals surface area contributed by atoms with Gasteiger partial charge in [-0.05, 0) is 50.1 Å². The molecule has 0 saturated carbocycles. The molecule has 1 aromatic carbocycles. The molecule has 1 aromatic heterocycles. The van der Waals surface area contributed by atoms with Gasteiger partial charge in [0.25, 0.3) is 5.91 Å². The Morgan fingerprint density at radius 2 is 2.11 bits per heavy atom. The first-order valence-electron chi connectivity index (χ1n) is 8.93. The van der Waals surface area contributed by atoms with Crippen LogP contribution in [0, 0.1) is 0 Å². The number of benzene rings is 1. The molecule has 0 fully saturated rings. The summed E-state index contributed by atoms with van der Waals surface area (Å²) in [5.74, 6) is -0.147. The van der Waals surface area contributed by atoms with Gasteiger partial charge in [0.1, 0.15) is 0 Å². The molecule has 1 atom stereocenters. The van der Waals surface area contributed by atoms with E-state index >= 15 is 0 Å². The van der Waals surface area contributed by atoms with Crippen molar-refractivity contribution in [2.75, 3.05) is 5.32 Å². The fourth-order valence-corrected chi connectivity index (χ4v) is 4.19. The van der Waals surface area contributed by atoms with Crippen LogP contribution in [0.1, 0.15) is 51.9 Å². The number of hydrogen-bond donors (Lipinski definition) is 2. The van der Waals surface area contributed by atoms with Crippen LogP contribution in [0.2, 0.25) is 0 Å². The number of aryl methyl sites for hydroxylation is 1. The molecule has 7 heteroatoms. The number of aromatic nitrogens is 1. The topological polar surface area (TPSA) is 88.2 Å². The van der Waals surface area contributed by atoms with Crippen molar-refractivity contribution in [1.82, 2.24) is 10.3 Å². The Morgan fingerprint density at radius 3 is 2.96 bits per heavy atom. The number of amides is 2. The molecular formula is C20H19N3O3S. The smallest absolute Gasteiger partial charge is 0.251 e. The third-order valence-corrected chi connectivity index (χ3v) is 5.93. The summed E-state index contributed by atoms with van der Waals surface area (Å²) in [6, 6.07) is 8.89. The van der Waals surface area contributed by atoms with Crippen molar-refractivity contribution in [3.8, 4) is 0 Å². The highest BCUT2D eigenvalue weighted by Crippen LogP contribution is 2.35. The minimum Gasteiger partial charge on any atom is -0.346 e. The lowest BCUT2D eigenvalue weighted by Crippen LogP contribution is -2.27. The highest BCUT2D eigenvalue weighted by molar-refractivity contribution is 8.00. The van der Waals surface area contributed by atoms with Crippen molar-refractivity contribution in [2.45, 2.75) is 42.9 Å². The van der Waals surface area contributed by atoms with Crippen molar-refractivity contribution in [2.24, 2.45) is 0 Å². The maximum Gasteiger partial charge on any atom is 0.251 e. The van der Waals surface area contributed by atoms with E-state index in [0.29, 0.717) is 23.2 Å². The van der Waals surface area contributed by atoms with Gasteiger partial charge >= 0.3 is 0 Å². The molecule has 1 aliphatic heterocycles. The summed E-state index contributed by atoms with van der Waals surface area (Å²) >= 11 is 1.48.